The van der Waals surface area contributed by atoms with Gasteiger partial charge in [0.05, 0.1) is 0 Å². The fraction of sp³-hybridized carbons (Fsp3) is 0.286. The molecule has 0 aliphatic heterocycles. The molecule has 1 aromatic heterocycles. The molecule has 1 heterocycles. The van der Waals surface area contributed by atoms with Gasteiger partial charge in [-0.05, 0) is 48.6 Å². The highest BCUT2D eigenvalue weighted by Gasteiger charge is 2.14. The Hall–Kier alpha value is -1.08. The van der Waals surface area contributed by atoms with E-state index in [1.807, 2.05) is 26.0 Å². The van der Waals surface area contributed by atoms with Gasteiger partial charge in [-0.1, -0.05) is 17.7 Å². The summed E-state index contributed by atoms with van der Waals surface area (Å²) in [5.74, 6) is 0.685. The quantitative estimate of drug-likeness (QED) is 0.816. The molecule has 2 rings (SSSR count). The molecule has 1 N–H and O–H groups in total. The van der Waals surface area contributed by atoms with Gasteiger partial charge in [0.15, 0.2) is 0 Å². The highest BCUT2D eigenvalue weighted by molar-refractivity contribution is 7.91. The number of benzene rings is 1. The number of aryl methyl sites for hydroxylation is 2. The molecule has 0 bridgehead atoms. The Morgan fingerprint density at radius 3 is 2.52 bits per heavy atom. The minimum Gasteiger partial charge on any atom is -0.492 e. The fourth-order valence-electron chi connectivity index (χ4n) is 1.82. The molecule has 21 heavy (non-hydrogen) atoms. The van der Waals surface area contributed by atoms with Gasteiger partial charge < -0.3 is 4.74 Å². The average Bonchev–Trinajstić information content (AvgIpc) is 2.96. The summed E-state index contributed by atoms with van der Waals surface area (Å²) in [4.78, 5) is 0. The molecule has 1 aromatic carbocycles. The predicted octanol–water partition coefficient (Wildman–Crippen LogP) is 3.38. The monoisotopic (exact) mass is 345 g/mol. The number of hydrogen-bond donors (Lipinski definition) is 1. The molecule has 0 aliphatic carbocycles. The molecule has 0 amide bonds. The lowest BCUT2D eigenvalue weighted by Gasteiger charge is -2.10. The van der Waals surface area contributed by atoms with E-state index in [9.17, 15) is 8.42 Å². The second kappa shape index (κ2) is 6.79. The summed E-state index contributed by atoms with van der Waals surface area (Å²) in [5, 5.41) is 2.45. The third-order valence-electron chi connectivity index (χ3n) is 2.83. The van der Waals surface area contributed by atoms with Crippen LogP contribution in [0, 0.1) is 13.8 Å². The molecule has 0 saturated heterocycles. The zero-order valence-corrected chi connectivity index (χ0v) is 14.1. The summed E-state index contributed by atoms with van der Waals surface area (Å²) in [6.45, 7) is 4.27. The molecule has 0 fully saturated rings. The van der Waals surface area contributed by atoms with Crippen LogP contribution < -0.4 is 9.46 Å². The molecule has 2 aromatic rings. The van der Waals surface area contributed by atoms with Crippen LogP contribution in [0.5, 0.6) is 5.75 Å². The molecule has 4 nitrogen and oxygen atoms in total. The molecule has 7 heteroatoms. The normalized spacial score (nSPS) is 11.6. The third-order valence-corrected chi connectivity index (χ3v) is 6.29. The van der Waals surface area contributed by atoms with Crippen molar-refractivity contribution >= 4 is 33.0 Å². The van der Waals surface area contributed by atoms with Crippen LogP contribution in [0.4, 0.5) is 0 Å². The SMILES string of the molecule is Cc1cc(OCCNS(=O)(=O)c2cccs2)cc(C)c1Cl. The molecule has 0 radical (unpaired) electrons. The van der Waals surface area contributed by atoms with Crippen molar-refractivity contribution in [3.63, 3.8) is 0 Å². The molecule has 0 spiro atoms. The van der Waals surface area contributed by atoms with E-state index in [1.165, 1.54) is 11.3 Å². The number of sulfonamides is 1. The largest absolute Gasteiger partial charge is 0.492 e. The summed E-state index contributed by atoms with van der Waals surface area (Å²) in [6.07, 6.45) is 0. The van der Waals surface area contributed by atoms with E-state index < -0.39 is 10.0 Å². The zero-order valence-electron chi connectivity index (χ0n) is 11.7. The smallest absolute Gasteiger partial charge is 0.250 e. The maximum Gasteiger partial charge on any atom is 0.250 e. The number of thiophene rings is 1. The van der Waals surface area contributed by atoms with Crippen LogP contribution in [-0.2, 0) is 10.0 Å². The van der Waals surface area contributed by atoms with Gasteiger partial charge in [-0.2, -0.15) is 0 Å². The molecule has 0 unspecified atom stereocenters. The van der Waals surface area contributed by atoms with Crippen molar-refractivity contribution in [3.05, 3.63) is 45.8 Å². The zero-order chi connectivity index (χ0) is 15.5. The van der Waals surface area contributed by atoms with Crippen molar-refractivity contribution in [1.82, 2.24) is 4.72 Å². The van der Waals surface area contributed by atoms with E-state index in [-0.39, 0.29) is 13.2 Å². The van der Waals surface area contributed by atoms with Gasteiger partial charge in [0.25, 0.3) is 0 Å². The second-order valence-electron chi connectivity index (χ2n) is 4.55. The van der Waals surface area contributed by atoms with Crippen LogP contribution in [0.25, 0.3) is 0 Å². The van der Waals surface area contributed by atoms with Crippen molar-refractivity contribution in [2.75, 3.05) is 13.2 Å². The van der Waals surface area contributed by atoms with Crippen molar-refractivity contribution in [2.24, 2.45) is 0 Å². The lowest BCUT2D eigenvalue weighted by Crippen LogP contribution is -2.27. The average molecular weight is 346 g/mol. The van der Waals surface area contributed by atoms with E-state index in [2.05, 4.69) is 4.72 Å². The second-order valence-corrected chi connectivity index (χ2v) is 7.87. The summed E-state index contributed by atoms with van der Waals surface area (Å²) in [7, 11) is -3.43. The molecule has 0 aliphatic rings. The van der Waals surface area contributed by atoms with Crippen LogP contribution in [0.2, 0.25) is 5.02 Å². The number of halogens is 1. The highest BCUT2D eigenvalue weighted by atomic mass is 35.5. The summed E-state index contributed by atoms with van der Waals surface area (Å²) in [6, 6.07) is 6.95. The Labute approximate surface area is 133 Å². The first-order valence-electron chi connectivity index (χ1n) is 6.33. The Morgan fingerprint density at radius 1 is 1.29 bits per heavy atom. The first kappa shape index (κ1) is 16.3. The molecule has 114 valence electrons. The fourth-order valence-corrected chi connectivity index (χ4v) is 3.98. The van der Waals surface area contributed by atoms with E-state index in [0.29, 0.717) is 9.96 Å². The van der Waals surface area contributed by atoms with E-state index >= 15 is 0 Å². The van der Waals surface area contributed by atoms with Gasteiger partial charge in [0.1, 0.15) is 16.6 Å². The Kier molecular flexibility index (Phi) is 5.27. The lowest BCUT2D eigenvalue weighted by atomic mass is 10.1. The summed E-state index contributed by atoms with van der Waals surface area (Å²) in [5.41, 5.74) is 1.87. The topological polar surface area (TPSA) is 55.4 Å². The van der Waals surface area contributed by atoms with Crippen LogP contribution >= 0.6 is 22.9 Å². The van der Waals surface area contributed by atoms with Gasteiger partial charge in [-0.3, -0.25) is 0 Å². The number of rotatable bonds is 6. The highest BCUT2D eigenvalue weighted by Crippen LogP contribution is 2.25. The minimum atomic E-state index is -3.43. The Bertz CT molecular complexity index is 689. The van der Waals surface area contributed by atoms with Gasteiger partial charge in [0, 0.05) is 11.6 Å². The van der Waals surface area contributed by atoms with Crippen molar-refractivity contribution in [3.8, 4) is 5.75 Å². The summed E-state index contributed by atoms with van der Waals surface area (Å²) < 4.78 is 32.1. The molecular formula is C14H16ClNO3S2. The Balaban J connectivity index is 1.88. The minimum absolute atomic E-state index is 0.209. The third kappa shape index (κ3) is 4.20. The molecule has 0 atom stereocenters. The summed E-state index contributed by atoms with van der Waals surface area (Å²) >= 11 is 7.27. The molecular weight excluding hydrogens is 330 g/mol. The van der Waals surface area contributed by atoms with Crippen LogP contribution in [0.3, 0.4) is 0 Å². The standard InChI is InChI=1S/C14H16ClNO3S2/c1-10-8-12(9-11(2)14(10)15)19-6-5-16-21(17,18)13-4-3-7-20-13/h3-4,7-9,16H,5-6H2,1-2H3. The van der Waals surface area contributed by atoms with Crippen LogP contribution in [0.1, 0.15) is 11.1 Å². The van der Waals surface area contributed by atoms with E-state index in [1.54, 1.807) is 17.5 Å². The predicted molar refractivity (Wildman–Crippen MR) is 85.9 cm³/mol. The number of nitrogens with one attached hydrogen (secondary N) is 1. The van der Waals surface area contributed by atoms with E-state index in [4.69, 9.17) is 16.3 Å². The number of ether oxygens (including phenoxy) is 1. The Morgan fingerprint density at radius 2 is 1.95 bits per heavy atom. The van der Waals surface area contributed by atoms with Gasteiger partial charge >= 0.3 is 0 Å². The van der Waals surface area contributed by atoms with Crippen LogP contribution in [-0.4, -0.2) is 21.6 Å². The van der Waals surface area contributed by atoms with E-state index in [0.717, 1.165) is 16.1 Å². The maximum atomic E-state index is 11.9. The van der Waals surface area contributed by atoms with Crippen molar-refractivity contribution in [1.29, 1.82) is 0 Å². The van der Waals surface area contributed by atoms with Crippen molar-refractivity contribution < 1.29 is 13.2 Å². The van der Waals surface area contributed by atoms with Gasteiger partial charge in [-0.25, -0.2) is 13.1 Å². The van der Waals surface area contributed by atoms with Crippen LogP contribution in [0.15, 0.2) is 33.9 Å². The maximum absolute atomic E-state index is 11.9. The lowest BCUT2D eigenvalue weighted by molar-refractivity contribution is 0.322. The van der Waals surface area contributed by atoms with Gasteiger partial charge in [0.2, 0.25) is 10.0 Å². The number of hydrogen-bond acceptors (Lipinski definition) is 4. The molecule has 0 saturated carbocycles. The first-order chi connectivity index (χ1) is 9.90. The van der Waals surface area contributed by atoms with Gasteiger partial charge in [-0.15, -0.1) is 11.3 Å². The first-order valence-corrected chi connectivity index (χ1v) is 9.07. The van der Waals surface area contributed by atoms with Crippen molar-refractivity contribution in [2.45, 2.75) is 18.1 Å².